The Balaban J connectivity index is 2.08. The second-order valence-corrected chi connectivity index (χ2v) is 6.59. The summed E-state index contributed by atoms with van der Waals surface area (Å²) in [5.41, 5.74) is 1.36. The molecule has 1 aromatic carbocycles. The fourth-order valence-electron chi connectivity index (χ4n) is 2.57. The fourth-order valence-corrected chi connectivity index (χ4v) is 2.83. The van der Waals surface area contributed by atoms with Gasteiger partial charge in [-0.15, -0.1) is 0 Å². The van der Waals surface area contributed by atoms with Crippen LogP contribution in [0.15, 0.2) is 35.1 Å². The summed E-state index contributed by atoms with van der Waals surface area (Å²) in [5, 5.41) is 7.62. The Morgan fingerprint density at radius 1 is 1.19 bits per heavy atom. The number of halogens is 1. The van der Waals surface area contributed by atoms with Gasteiger partial charge in [0.25, 0.3) is 0 Å². The van der Waals surface area contributed by atoms with Crippen LogP contribution in [0.25, 0.3) is 0 Å². The zero-order valence-electron chi connectivity index (χ0n) is 12.9. The third kappa shape index (κ3) is 4.64. The molecule has 5 heteroatoms. The van der Waals surface area contributed by atoms with Gasteiger partial charge in [0.1, 0.15) is 12.2 Å². The van der Waals surface area contributed by atoms with Crippen molar-refractivity contribution in [3.63, 3.8) is 0 Å². The van der Waals surface area contributed by atoms with E-state index >= 15 is 0 Å². The maximum Gasteiger partial charge on any atom is 0.138 e. The molecular formula is C16H23BrN4. The minimum absolute atomic E-state index is 0.352. The van der Waals surface area contributed by atoms with Gasteiger partial charge in [0.15, 0.2) is 0 Å². The van der Waals surface area contributed by atoms with Gasteiger partial charge < -0.3 is 5.32 Å². The van der Waals surface area contributed by atoms with Gasteiger partial charge in [0, 0.05) is 16.9 Å². The van der Waals surface area contributed by atoms with Gasteiger partial charge in [-0.05, 0) is 57.5 Å². The molecule has 0 radical (unpaired) electrons. The average Bonchev–Trinajstić information content (AvgIpc) is 2.90. The number of rotatable bonds is 7. The van der Waals surface area contributed by atoms with E-state index in [1.54, 1.807) is 6.33 Å². The summed E-state index contributed by atoms with van der Waals surface area (Å²) in [6.07, 6.45) is 3.64. The lowest BCUT2D eigenvalue weighted by Crippen LogP contribution is -2.24. The summed E-state index contributed by atoms with van der Waals surface area (Å²) in [4.78, 5) is 4.43. The number of nitrogens with zero attached hydrogens (tertiary/aromatic N) is 3. The number of benzene rings is 1. The second kappa shape index (κ2) is 7.71. The standard InChI is InChI=1S/C16H23BrN4/c1-12(2)21-16(19-11-20-21)9-14(10-18-3)8-13-4-6-15(17)7-5-13/h4-7,11-12,14,18H,8-10H2,1-3H3. The van der Waals surface area contributed by atoms with Crippen molar-refractivity contribution in [2.75, 3.05) is 13.6 Å². The van der Waals surface area contributed by atoms with Crippen LogP contribution in [0.5, 0.6) is 0 Å². The Hall–Kier alpha value is -1.20. The molecule has 1 N–H and O–H groups in total. The van der Waals surface area contributed by atoms with Crippen molar-refractivity contribution in [2.45, 2.75) is 32.7 Å². The topological polar surface area (TPSA) is 42.7 Å². The van der Waals surface area contributed by atoms with Crippen molar-refractivity contribution in [2.24, 2.45) is 5.92 Å². The van der Waals surface area contributed by atoms with E-state index in [2.05, 4.69) is 69.4 Å². The summed E-state index contributed by atoms with van der Waals surface area (Å²) in [6.45, 7) is 5.25. The number of nitrogens with one attached hydrogen (secondary N) is 1. The normalized spacial score (nSPS) is 12.8. The number of aromatic nitrogens is 3. The quantitative estimate of drug-likeness (QED) is 0.833. The van der Waals surface area contributed by atoms with E-state index in [0.717, 1.165) is 29.7 Å². The minimum atomic E-state index is 0.352. The second-order valence-electron chi connectivity index (χ2n) is 5.67. The van der Waals surface area contributed by atoms with Gasteiger partial charge in [-0.1, -0.05) is 28.1 Å². The SMILES string of the molecule is CNCC(Cc1ccc(Br)cc1)Cc1ncnn1C(C)C. The van der Waals surface area contributed by atoms with Crippen LogP contribution in [0.4, 0.5) is 0 Å². The van der Waals surface area contributed by atoms with Crippen LogP contribution in [-0.2, 0) is 12.8 Å². The first-order valence-corrected chi connectivity index (χ1v) is 8.17. The molecule has 1 atom stereocenters. The Bertz CT molecular complexity index is 548. The van der Waals surface area contributed by atoms with Crippen LogP contribution < -0.4 is 5.32 Å². The highest BCUT2D eigenvalue weighted by atomic mass is 79.9. The van der Waals surface area contributed by atoms with Gasteiger partial charge in [-0.2, -0.15) is 5.10 Å². The zero-order chi connectivity index (χ0) is 15.2. The molecule has 114 valence electrons. The van der Waals surface area contributed by atoms with Crippen LogP contribution in [-0.4, -0.2) is 28.4 Å². The van der Waals surface area contributed by atoms with E-state index in [9.17, 15) is 0 Å². The molecule has 2 aromatic rings. The number of hydrogen-bond donors (Lipinski definition) is 1. The average molecular weight is 351 g/mol. The maximum absolute atomic E-state index is 4.43. The summed E-state index contributed by atoms with van der Waals surface area (Å²) in [7, 11) is 2.00. The molecule has 1 unspecified atom stereocenters. The first kappa shape index (κ1) is 16.2. The largest absolute Gasteiger partial charge is 0.319 e. The Labute approximate surface area is 135 Å². The monoisotopic (exact) mass is 350 g/mol. The van der Waals surface area contributed by atoms with Gasteiger partial charge in [0.05, 0.1) is 0 Å². The molecule has 0 aliphatic carbocycles. The van der Waals surface area contributed by atoms with Gasteiger partial charge in [-0.25, -0.2) is 9.67 Å². The zero-order valence-corrected chi connectivity index (χ0v) is 14.5. The lowest BCUT2D eigenvalue weighted by molar-refractivity contribution is 0.440. The number of hydrogen-bond acceptors (Lipinski definition) is 3. The smallest absolute Gasteiger partial charge is 0.138 e. The predicted octanol–water partition coefficient (Wildman–Crippen LogP) is 3.24. The third-order valence-electron chi connectivity index (χ3n) is 3.54. The molecule has 0 spiro atoms. The van der Waals surface area contributed by atoms with Crippen molar-refractivity contribution < 1.29 is 0 Å². The van der Waals surface area contributed by atoms with E-state index in [-0.39, 0.29) is 0 Å². The summed E-state index contributed by atoms with van der Waals surface area (Å²) in [5.74, 6) is 1.58. The van der Waals surface area contributed by atoms with E-state index in [1.807, 2.05) is 11.7 Å². The van der Waals surface area contributed by atoms with E-state index in [0.29, 0.717) is 12.0 Å². The van der Waals surface area contributed by atoms with E-state index in [4.69, 9.17) is 0 Å². The van der Waals surface area contributed by atoms with Crippen LogP contribution in [0.2, 0.25) is 0 Å². The lowest BCUT2D eigenvalue weighted by atomic mass is 9.95. The molecule has 0 saturated carbocycles. The summed E-state index contributed by atoms with van der Waals surface area (Å²) < 4.78 is 3.14. The van der Waals surface area contributed by atoms with Gasteiger partial charge in [0.2, 0.25) is 0 Å². The van der Waals surface area contributed by atoms with Gasteiger partial charge in [-0.3, -0.25) is 0 Å². The molecule has 0 bridgehead atoms. The molecule has 0 saturated heterocycles. The van der Waals surface area contributed by atoms with Crippen molar-refractivity contribution in [3.05, 3.63) is 46.5 Å². The molecule has 0 aliphatic rings. The van der Waals surface area contributed by atoms with Crippen molar-refractivity contribution in [1.29, 1.82) is 0 Å². The molecule has 0 aliphatic heterocycles. The molecule has 1 heterocycles. The lowest BCUT2D eigenvalue weighted by Gasteiger charge is -2.18. The molecule has 4 nitrogen and oxygen atoms in total. The molecule has 1 aromatic heterocycles. The highest BCUT2D eigenvalue weighted by Crippen LogP contribution is 2.17. The summed E-state index contributed by atoms with van der Waals surface area (Å²) in [6, 6.07) is 8.91. The van der Waals surface area contributed by atoms with Crippen LogP contribution in [0.3, 0.4) is 0 Å². The minimum Gasteiger partial charge on any atom is -0.319 e. The van der Waals surface area contributed by atoms with Crippen LogP contribution in [0, 0.1) is 5.92 Å². The Morgan fingerprint density at radius 3 is 2.52 bits per heavy atom. The van der Waals surface area contributed by atoms with E-state index in [1.165, 1.54) is 5.56 Å². The molecule has 0 fully saturated rings. The highest BCUT2D eigenvalue weighted by Gasteiger charge is 2.15. The Morgan fingerprint density at radius 2 is 1.90 bits per heavy atom. The molecular weight excluding hydrogens is 328 g/mol. The highest BCUT2D eigenvalue weighted by molar-refractivity contribution is 9.10. The first-order valence-electron chi connectivity index (χ1n) is 7.37. The predicted molar refractivity (Wildman–Crippen MR) is 89.4 cm³/mol. The fraction of sp³-hybridized carbons (Fsp3) is 0.500. The van der Waals surface area contributed by atoms with Crippen molar-refractivity contribution in [1.82, 2.24) is 20.1 Å². The van der Waals surface area contributed by atoms with Gasteiger partial charge >= 0.3 is 0 Å². The molecule has 0 amide bonds. The third-order valence-corrected chi connectivity index (χ3v) is 4.07. The van der Waals surface area contributed by atoms with E-state index < -0.39 is 0 Å². The first-order chi connectivity index (χ1) is 10.1. The maximum atomic E-state index is 4.43. The van der Waals surface area contributed by atoms with Crippen molar-refractivity contribution in [3.8, 4) is 0 Å². The summed E-state index contributed by atoms with van der Waals surface area (Å²) >= 11 is 3.48. The van der Waals surface area contributed by atoms with Crippen LogP contribution in [0.1, 0.15) is 31.3 Å². The molecule has 21 heavy (non-hydrogen) atoms. The molecule has 2 rings (SSSR count). The van der Waals surface area contributed by atoms with Crippen LogP contribution >= 0.6 is 15.9 Å². The Kier molecular flexibility index (Phi) is 5.94. The van der Waals surface area contributed by atoms with Crippen molar-refractivity contribution >= 4 is 15.9 Å².